The SMILES string of the molecule is CC.O=S(=O)(O)c1ccc(S)cc1.[Hg+]. The Balaban J connectivity index is 0. The van der Waals surface area contributed by atoms with Crippen molar-refractivity contribution >= 4 is 22.7 Å². The first-order valence-corrected chi connectivity index (χ1v) is 5.65. The Morgan fingerprint density at radius 2 is 1.50 bits per heavy atom. The predicted molar refractivity (Wildman–Crippen MR) is 54.9 cm³/mol. The molecule has 0 saturated heterocycles. The van der Waals surface area contributed by atoms with Gasteiger partial charge in [-0.15, -0.1) is 12.6 Å². The standard InChI is InChI=1S/C6H6O3S2.C2H6.Hg/c7-11(8,9)6-3-1-5(10)2-4-6;1-2;/h1-4,10H,(H,7,8,9);1-2H3;/q;;+1. The largest absolute Gasteiger partial charge is 1.00 e. The van der Waals surface area contributed by atoms with E-state index in [1.807, 2.05) is 13.8 Å². The number of hydrogen-bond donors (Lipinski definition) is 2. The average molecular weight is 421 g/mol. The van der Waals surface area contributed by atoms with Crippen LogP contribution in [0, 0.1) is 0 Å². The summed E-state index contributed by atoms with van der Waals surface area (Å²) in [5.41, 5.74) is 0. The Labute approximate surface area is 111 Å². The van der Waals surface area contributed by atoms with Gasteiger partial charge in [0.05, 0.1) is 4.90 Å². The van der Waals surface area contributed by atoms with Gasteiger partial charge in [-0.1, -0.05) is 13.8 Å². The second-order valence-electron chi connectivity index (χ2n) is 1.97. The van der Waals surface area contributed by atoms with Crippen molar-refractivity contribution in [1.29, 1.82) is 0 Å². The van der Waals surface area contributed by atoms with Gasteiger partial charge in [0.1, 0.15) is 0 Å². The molecule has 0 aliphatic rings. The summed E-state index contributed by atoms with van der Waals surface area (Å²) < 4.78 is 29.5. The third kappa shape index (κ3) is 6.00. The zero-order chi connectivity index (χ0) is 10.5. The molecular weight excluding hydrogens is 409 g/mol. The molecule has 0 heterocycles. The normalized spacial score (nSPS) is 9.43. The molecule has 0 fully saturated rings. The molecule has 14 heavy (non-hydrogen) atoms. The van der Waals surface area contributed by atoms with Crippen LogP contribution < -0.4 is 0 Å². The third-order valence-electron chi connectivity index (χ3n) is 1.13. The first-order chi connectivity index (χ1) is 6.00. The number of hydrogen-bond acceptors (Lipinski definition) is 3. The van der Waals surface area contributed by atoms with E-state index in [0.29, 0.717) is 4.90 Å². The molecule has 1 aromatic rings. The van der Waals surface area contributed by atoms with Crippen molar-refractivity contribution in [2.45, 2.75) is 23.6 Å². The molecule has 0 saturated carbocycles. The van der Waals surface area contributed by atoms with Crippen molar-refractivity contribution in [1.82, 2.24) is 0 Å². The predicted octanol–water partition coefficient (Wildman–Crippen LogP) is 2.25. The topological polar surface area (TPSA) is 54.4 Å². The zero-order valence-corrected chi connectivity index (χ0v) is 15.3. The van der Waals surface area contributed by atoms with E-state index in [0.717, 1.165) is 0 Å². The summed E-state index contributed by atoms with van der Waals surface area (Å²) in [6, 6.07) is 5.56. The van der Waals surface area contributed by atoms with Crippen LogP contribution in [0.25, 0.3) is 0 Å². The van der Waals surface area contributed by atoms with Crippen molar-refractivity contribution in [3.8, 4) is 0 Å². The van der Waals surface area contributed by atoms with Crippen molar-refractivity contribution < 1.29 is 40.6 Å². The van der Waals surface area contributed by atoms with Gasteiger partial charge >= 0.3 is 27.7 Å². The minimum Gasteiger partial charge on any atom is -0.282 e. The van der Waals surface area contributed by atoms with E-state index >= 15 is 0 Å². The van der Waals surface area contributed by atoms with Crippen LogP contribution in [0.3, 0.4) is 0 Å². The van der Waals surface area contributed by atoms with Crippen molar-refractivity contribution in [3.05, 3.63) is 24.3 Å². The first kappa shape index (κ1) is 16.8. The Hall–Kier alpha value is 0.415. The molecule has 6 heteroatoms. The van der Waals surface area contributed by atoms with Crippen LogP contribution >= 0.6 is 12.6 Å². The van der Waals surface area contributed by atoms with Crippen LogP contribution in [-0.2, 0) is 37.8 Å². The molecule has 0 aliphatic carbocycles. The minimum absolute atomic E-state index is 0. The van der Waals surface area contributed by atoms with Gasteiger partial charge in [0.2, 0.25) is 0 Å². The Bertz CT molecular complexity index is 345. The molecule has 1 rings (SSSR count). The van der Waals surface area contributed by atoms with Crippen LogP contribution in [0.15, 0.2) is 34.1 Å². The summed E-state index contributed by atoms with van der Waals surface area (Å²) in [5, 5.41) is 0. The quantitative estimate of drug-likeness (QED) is 0.416. The summed E-state index contributed by atoms with van der Waals surface area (Å²) in [6.07, 6.45) is 0. The second-order valence-corrected chi connectivity index (χ2v) is 3.91. The average Bonchev–Trinajstić information content (AvgIpc) is 2.07. The van der Waals surface area contributed by atoms with E-state index in [1.54, 1.807) is 0 Å². The van der Waals surface area contributed by atoms with Gasteiger partial charge in [-0.3, -0.25) is 4.55 Å². The van der Waals surface area contributed by atoms with Gasteiger partial charge in [0.25, 0.3) is 10.1 Å². The smallest absolute Gasteiger partial charge is 0.282 e. The Kier molecular flexibility index (Phi) is 9.23. The molecule has 3 nitrogen and oxygen atoms in total. The van der Waals surface area contributed by atoms with E-state index < -0.39 is 10.1 Å². The fourth-order valence-corrected chi connectivity index (χ4v) is 1.25. The number of thiol groups is 1. The number of rotatable bonds is 1. The summed E-state index contributed by atoms with van der Waals surface area (Å²) in [6.45, 7) is 4.00. The maximum Gasteiger partial charge on any atom is 1.00 e. The van der Waals surface area contributed by atoms with E-state index in [9.17, 15) is 8.42 Å². The maximum absolute atomic E-state index is 10.5. The zero-order valence-electron chi connectivity index (χ0n) is 8.14. The first-order valence-electron chi connectivity index (χ1n) is 3.77. The molecule has 0 spiro atoms. The Morgan fingerprint density at radius 1 is 1.14 bits per heavy atom. The van der Waals surface area contributed by atoms with Gasteiger partial charge in [-0.05, 0) is 24.3 Å². The summed E-state index contributed by atoms with van der Waals surface area (Å²) >= 11 is 3.95. The molecule has 0 atom stereocenters. The van der Waals surface area contributed by atoms with Gasteiger partial charge in [0, 0.05) is 4.90 Å². The van der Waals surface area contributed by atoms with Crippen LogP contribution in [0.4, 0.5) is 0 Å². The fourth-order valence-electron chi connectivity index (χ4n) is 0.618. The maximum atomic E-state index is 10.5. The molecule has 75 valence electrons. The van der Waals surface area contributed by atoms with Crippen LogP contribution in [0.5, 0.6) is 0 Å². The van der Waals surface area contributed by atoms with Crippen molar-refractivity contribution in [3.63, 3.8) is 0 Å². The van der Waals surface area contributed by atoms with Crippen LogP contribution in [0.2, 0.25) is 0 Å². The molecule has 1 aromatic carbocycles. The molecule has 1 radical (unpaired) electrons. The minimum atomic E-state index is -4.05. The van der Waals surface area contributed by atoms with E-state index in [-0.39, 0.29) is 32.6 Å². The summed E-state index contributed by atoms with van der Waals surface area (Å²) in [4.78, 5) is 0.535. The van der Waals surface area contributed by atoms with Gasteiger partial charge in [-0.25, -0.2) is 0 Å². The molecule has 0 bridgehead atoms. The number of benzene rings is 1. The van der Waals surface area contributed by atoms with Crippen molar-refractivity contribution in [2.24, 2.45) is 0 Å². The monoisotopic (exact) mass is 422 g/mol. The molecule has 0 aromatic heterocycles. The summed E-state index contributed by atoms with van der Waals surface area (Å²) in [7, 11) is -4.05. The van der Waals surface area contributed by atoms with E-state index in [4.69, 9.17) is 4.55 Å². The fraction of sp³-hybridized carbons (Fsp3) is 0.250. The van der Waals surface area contributed by atoms with Crippen LogP contribution in [-0.4, -0.2) is 13.0 Å². The van der Waals surface area contributed by atoms with Crippen LogP contribution in [0.1, 0.15) is 13.8 Å². The van der Waals surface area contributed by atoms with Gasteiger partial charge < -0.3 is 0 Å². The van der Waals surface area contributed by atoms with Gasteiger partial charge in [-0.2, -0.15) is 8.42 Å². The van der Waals surface area contributed by atoms with E-state index in [2.05, 4.69) is 12.6 Å². The molecular formula is C8H12HgO3S2+. The third-order valence-corrected chi connectivity index (χ3v) is 2.30. The Morgan fingerprint density at radius 3 is 1.79 bits per heavy atom. The molecule has 0 unspecified atom stereocenters. The van der Waals surface area contributed by atoms with E-state index in [1.165, 1.54) is 24.3 Å². The molecule has 0 aliphatic heterocycles. The molecule has 1 N–H and O–H groups in total. The summed E-state index contributed by atoms with van der Waals surface area (Å²) in [5.74, 6) is 0. The second kappa shape index (κ2) is 7.67. The molecule has 0 amide bonds. The van der Waals surface area contributed by atoms with Crippen molar-refractivity contribution in [2.75, 3.05) is 0 Å². The van der Waals surface area contributed by atoms with Gasteiger partial charge in [0.15, 0.2) is 0 Å².